The lowest BCUT2D eigenvalue weighted by Crippen LogP contribution is -2.34. The van der Waals surface area contributed by atoms with Crippen LogP contribution >= 0.6 is 0 Å². The van der Waals surface area contributed by atoms with E-state index in [1.807, 2.05) is 0 Å². The van der Waals surface area contributed by atoms with E-state index in [-0.39, 0.29) is 0 Å². The van der Waals surface area contributed by atoms with Gasteiger partial charge in [-0.05, 0) is 0 Å². The fourth-order valence-corrected chi connectivity index (χ4v) is 0.693. The molecule has 0 bridgehead atoms. The number of halogens is 5. The highest BCUT2D eigenvalue weighted by Crippen LogP contribution is 2.24. The van der Waals surface area contributed by atoms with Gasteiger partial charge in [-0.25, -0.2) is 13.8 Å². The summed E-state index contributed by atoms with van der Waals surface area (Å²) < 4.78 is 65.1. The molecule has 0 fully saturated rings. The van der Waals surface area contributed by atoms with Crippen LogP contribution in [-0.4, -0.2) is 28.9 Å². The highest BCUT2D eigenvalue weighted by Gasteiger charge is 2.42. The molecule has 90 valence electrons. The van der Waals surface area contributed by atoms with Crippen molar-refractivity contribution < 1.29 is 26.7 Å². The van der Waals surface area contributed by atoms with Gasteiger partial charge in [-0.1, -0.05) is 0 Å². The third-order valence-corrected chi connectivity index (χ3v) is 1.45. The first-order valence-corrected chi connectivity index (χ1v) is 3.89. The van der Waals surface area contributed by atoms with E-state index in [0.29, 0.717) is 6.20 Å². The Morgan fingerprint density at radius 2 is 2.06 bits per heavy atom. The molecule has 0 aliphatic rings. The van der Waals surface area contributed by atoms with E-state index < -0.39 is 36.6 Å². The normalized spacial score (nSPS) is 11.9. The Hall–Kier alpha value is -1.67. The molecule has 0 aliphatic carbocycles. The van der Waals surface area contributed by atoms with Crippen molar-refractivity contribution in [1.29, 1.82) is 0 Å². The SMILES string of the molecule is Nc1ncc(F)c(OCC(F)(F)C(F)F)n1. The summed E-state index contributed by atoms with van der Waals surface area (Å²) in [7, 11) is 0. The van der Waals surface area contributed by atoms with Crippen LogP contribution in [0.5, 0.6) is 5.88 Å². The first-order chi connectivity index (χ1) is 7.33. The van der Waals surface area contributed by atoms with Crippen LogP contribution in [0.25, 0.3) is 0 Å². The zero-order chi connectivity index (χ0) is 12.3. The molecular weight excluding hydrogens is 237 g/mol. The van der Waals surface area contributed by atoms with Crippen LogP contribution in [-0.2, 0) is 0 Å². The molecule has 1 aromatic rings. The van der Waals surface area contributed by atoms with Gasteiger partial charge in [0.2, 0.25) is 11.8 Å². The monoisotopic (exact) mass is 243 g/mol. The second kappa shape index (κ2) is 4.45. The molecular formula is C7H6F5N3O. The standard InChI is InChI=1S/C7H6F5N3O/c8-3-1-14-6(13)15-4(3)16-2-7(11,12)5(9)10/h1,5H,2H2,(H2,13,14,15). The van der Waals surface area contributed by atoms with Crippen LogP contribution in [0, 0.1) is 5.82 Å². The summed E-state index contributed by atoms with van der Waals surface area (Å²) in [5.41, 5.74) is 5.02. The number of anilines is 1. The number of aromatic nitrogens is 2. The number of nitrogens with two attached hydrogens (primary N) is 1. The van der Waals surface area contributed by atoms with Crippen molar-refractivity contribution in [3.63, 3.8) is 0 Å². The molecule has 1 rings (SSSR count). The molecule has 0 unspecified atom stereocenters. The lowest BCUT2D eigenvalue weighted by Gasteiger charge is -2.15. The number of nitrogen functional groups attached to an aromatic ring is 1. The van der Waals surface area contributed by atoms with Crippen LogP contribution < -0.4 is 10.5 Å². The molecule has 1 aromatic heterocycles. The lowest BCUT2D eigenvalue weighted by atomic mass is 10.4. The van der Waals surface area contributed by atoms with Crippen LogP contribution in [0.15, 0.2) is 6.20 Å². The number of alkyl halides is 4. The van der Waals surface area contributed by atoms with Gasteiger partial charge in [0.15, 0.2) is 6.61 Å². The van der Waals surface area contributed by atoms with Crippen LogP contribution in [0.4, 0.5) is 27.9 Å². The molecule has 9 heteroatoms. The third-order valence-electron chi connectivity index (χ3n) is 1.45. The average Bonchev–Trinajstić information content (AvgIpc) is 2.19. The molecule has 0 saturated carbocycles. The first kappa shape index (κ1) is 12.4. The Labute approximate surface area is 86.2 Å². The predicted octanol–water partition coefficient (Wildman–Crippen LogP) is 1.48. The van der Waals surface area contributed by atoms with Crippen molar-refractivity contribution in [3.8, 4) is 5.88 Å². The fraction of sp³-hybridized carbons (Fsp3) is 0.429. The highest BCUT2D eigenvalue weighted by atomic mass is 19.3. The van der Waals surface area contributed by atoms with Gasteiger partial charge in [0.05, 0.1) is 6.20 Å². The van der Waals surface area contributed by atoms with E-state index in [0.717, 1.165) is 0 Å². The van der Waals surface area contributed by atoms with E-state index in [1.54, 1.807) is 0 Å². The molecule has 0 atom stereocenters. The smallest absolute Gasteiger partial charge is 0.340 e. The van der Waals surface area contributed by atoms with Gasteiger partial charge in [0, 0.05) is 0 Å². The van der Waals surface area contributed by atoms with Gasteiger partial charge in [-0.15, -0.1) is 0 Å². The van der Waals surface area contributed by atoms with Gasteiger partial charge in [0.25, 0.3) is 5.88 Å². The van der Waals surface area contributed by atoms with Crippen molar-refractivity contribution in [2.75, 3.05) is 12.3 Å². The van der Waals surface area contributed by atoms with Gasteiger partial charge < -0.3 is 10.5 Å². The van der Waals surface area contributed by atoms with Crippen molar-refractivity contribution in [3.05, 3.63) is 12.0 Å². The van der Waals surface area contributed by atoms with Crippen molar-refractivity contribution >= 4 is 5.95 Å². The second-order valence-corrected chi connectivity index (χ2v) is 2.73. The topological polar surface area (TPSA) is 61.0 Å². The Kier molecular flexibility index (Phi) is 3.45. The molecule has 0 spiro atoms. The number of ether oxygens (including phenoxy) is 1. The first-order valence-electron chi connectivity index (χ1n) is 3.89. The van der Waals surface area contributed by atoms with Crippen molar-refractivity contribution in [1.82, 2.24) is 9.97 Å². The number of hydrogen-bond donors (Lipinski definition) is 1. The maximum absolute atomic E-state index is 12.8. The van der Waals surface area contributed by atoms with Gasteiger partial charge in [-0.3, -0.25) is 0 Å². The minimum atomic E-state index is -4.38. The van der Waals surface area contributed by atoms with Crippen LogP contribution in [0.2, 0.25) is 0 Å². The van der Waals surface area contributed by atoms with Gasteiger partial charge >= 0.3 is 12.3 Å². The Balaban J connectivity index is 2.71. The van der Waals surface area contributed by atoms with E-state index in [4.69, 9.17) is 5.73 Å². The van der Waals surface area contributed by atoms with E-state index >= 15 is 0 Å². The summed E-state index contributed by atoms with van der Waals surface area (Å²) in [5.74, 6) is -6.87. The van der Waals surface area contributed by atoms with Crippen LogP contribution in [0.3, 0.4) is 0 Å². The molecule has 0 aromatic carbocycles. The molecule has 1 heterocycles. The lowest BCUT2D eigenvalue weighted by molar-refractivity contribution is -0.149. The summed E-state index contributed by atoms with van der Waals surface area (Å²) in [6.45, 7) is -1.70. The Morgan fingerprint density at radius 3 is 2.62 bits per heavy atom. The zero-order valence-electron chi connectivity index (χ0n) is 7.63. The third kappa shape index (κ3) is 2.91. The summed E-state index contributed by atoms with van der Waals surface area (Å²) in [6.07, 6.45) is -3.33. The molecule has 16 heavy (non-hydrogen) atoms. The molecule has 4 nitrogen and oxygen atoms in total. The van der Waals surface area contributed by atoms with E-state index in [1.165, 1.54) is 0 Å². The quantitative estimate of drug-likeness (QED) is 0.813. The Morgan fingerprint density at radius 1 is 1.44 bits per heavy atom. The molecule has 0 amide bonds. The van der Waals surface area contributed by atoms with E-state index in [2.05, 4.69) is 14.7 Å². The largest absolute Gasteiger partial charge is 0.469 e. The van der Waals surface area contributed by atoms with Crippen molar-refractivity contribution in [2.24, 2.45) is 0 Å². The molecule has 0 aliphatic heterocycles. The molecule has 0 saturated heterocycles. The summed E-state index contributed by atoms with van der Waals surface area (Å²) in [6, 6.07) is 0. The number of nitrogens with zero attached hydrogens (tertiary/aromatic N) is 2. The average molecular weight is 243 g/mol. The maximum Gasteiger partial charge on any atom is 0.340 e. The predicted molar refractivity (Wildman–Crippen MR) is 42.8 cm³/mol. The zero-order valence-corrected chi connectivity index (χ0v) is 7.63. The Bertz CT molecular complexity index is 373. The fourth-order valence-electron chi connectivity index (χ4n) is 0.693. The summed E-state index contributed by atoms with van der Waals surface area (Å²) >= 11 is 0. The maximum atomic E-state index is 12.8. The van der Waals surface area contributed by atoms with E-state index in [9.17, 15) is 22.0 Å². The van der Waals surface area contributed by atoms with Crippen LogP contribution in [0.1, 0.15) is 0 Å². The van der Waals surface area contributed by atoms with Gasteiger partial charge in [0.1, 0.15) is 0 Å². The van der Waals surface area contributed by atoms with Crippen molar-refractivity contribution in [2.45, 2.75) is 12.3 Å². The summed E-state index contributed by atoms with van der Waals surface area (Å²) in [4.78, 5) is 6.32. The molecule has 0 radical (unpaired) electrons. The minimum absolute atomic E-state index is 0.420. The number of rotatable bonds is 4. The second-order valence-electron chi connectivity index (χ2n) is 2.73. The molecule has 2 N–H and O–H groups in total. The van der Waals surface area contributed by atoms with Gasteiger partial charge in [-0.2, -0.15) is 18.2 Å². The highest BCUT2D eigenvalue weighted by molar-refractivity contribution is 5.22. The minimum Gasteiger partial charge on any atom is -0.469 e. The summed E-state index contributed by atoms with van der Waals surface area (Å²) in [5, 5.41) is 0. The number of hydrogen-bond acceptors (Lipinski definition) is 4.